The van der Waals surface area contributed by atoms with E-state index < -0.39 is 12.1 Å². The van der Waals surface area contributed by atoms with Gasteiger partial charge in [0.1, 0.15) is 11.3 Å². The molecule has 3 aromatic carbocycles. The number of likely N-dealkylation sites (N-methyl/N-ethyl adjacent to an activating group) is 1. The molecular weight excluding hydrogens is 772 g/mol. The number of aliphatic carboxylic acids is 1. The Morgan fingerprint density at radius 3 is 2.46 bits per heavy atom. The summed E-state index contributed by atoms with van der Waals surface area (Å²) in [4.78, 5) is 25.5. The molecule has 2 aliphatic rings. The number of ether oxygens (including phenoxy) is 3. The molecule has 0 amide bonds. The number of rotatable bonds is 13. The largest absolute Gasteiger partial charge is 0.496 e. The molecule has 2 atom stereocenters. The summed E-state index contributed by atoms with van der Waals surface area (Å²) in [5, 5.41) is 26.1. The predicted octanol–water partition coefficient (Wildman–Crippen LogP) is 7.92. The Morgan fingerprint density at radius 2 is 1.71 bits per heavy atom. The summed E-state index contributed by atoms with van der Waals surface area (Å²) in [5.74, 6) is 1.62. The third-order valence-corrected chi connectivity index (χ3v) is 12.5. The number of aromatic nitrogens is 4. The van der Waals surface area contributed by atoms with Crippen LogP contribution in [-0.2, 0) is 22.6 Å². The van der Waals surface area contributed by atoms with Crippen molar-refractivity contribution >= 4 is 39.6 Å². The number of aliphatic hydroxyl groups is 1. The van der Waals surface area contributed by atoms with Crippen LogP contribution in [0.15, 0.2) is 65.2 Å². The molecule has 310 valence electrons. The van der Waals surface area contributed by atoms with Crippen LogP contribution >= 0.6 is 11.6 Å². The van der Waals surface area contributed by atoms with Crippen molar-refractivity contribution in [2.75, 3.05) is 41.5 Å². The normalized spacial score (nSPS) is 19.9. The van der Waals surface area contributed by atoms with Gasteiger partial charge in [-0.3, -0.25) is 14.6 Å². The SMILES string of the molecule is COc1cc(-n2ncc3c(-c4cccc(-c5nc6cc(CN(C)C7CCC(CC(=O)O)CC7)cc(Cl)c6o5)c4C)cccc32)nc(OC)c1CN(C)[C@@H]1CCOC[C@@H]1O. The lowest BCUT2D eigenvalue weighted by Crippen LogP contribution is -2.47. The van der Waals surface area contributed by atoms with Gasteiger partial charge in [-0.2, -0.15) is 10.1 Å². The number of aliphatic hydroxyl groups excluding tert-OH is 1. The second kappa shape index (κ2) is 17.3. The molecule has 59 heavy (non-hydrogen) atoms. The first-order chi connectivity index (χ1) is 28.5. The van der Waals surface area contributed by atoms with Crippen molar-refractivity contribution in [3.63, 3.8) is 0 Å². The lowest BCUT2D eigenvalue weighted by atomic mass is 9.83. The van der Waals surface area contributed by atoms with E-state index in [0.29, 0.717) is 71.8 Å². The van der Waals surface area contributed by atoms with E-state index in [1.165, 1.54) is 0 Å². The number of nitrogens with zero attached hydrogens (tertiary/aromatic N) is 6. The van der Waals surface area contributed by atoms with Gasteiger partial charge in [0.2, 0.25) is 11.8 Å². The zero-order valence-corrected chi connectivity index (χ0v) is 34.9. The molecule has 1 aliphatic heterocycles. The zero-order valence-electron chi connectivity index (χ0n) is 34.2. The van der Waals surface area contributed by atoms with E-state index in [0.717, 1.165) is 76.4 Å². The Kier molecular flexibility index (Phi) is 11.9. The molecule has 0 bridgehead atoms. The van der Waals surface area contributed by atoms with E-state index in [9.17, 15) is 15.0 Å². The fourth-order valence-electron chi connectivity index (χ4n) is 9.05. The van der Waals surface area contributed by atoms with E-state index in [2.05, 4.69) is 42.0 Å². The van der Waals surface area contributed by atoms with Crippen LogP contribution in [-0.4, -0.2) is 105 Å². The summed E-state index contributed by atoms with van der Waals surface area (Å²) in [6.45, 7) is 4.15. The van der Waals surface area contributed by atoms with Gasteiger partial charge < -0.3 is 28.8 Å². The topological polar surface area (TPSA) is 148 Å². The number of halogens is 1. The molecule has 0 unspecified atom stereocenters. The van der Waals surface area contributed by atoms with Gasteiger partial charge in [0.15, 0.2) is 11.4 Å². The Labute approximate surface area is 348 Å². The Hall–Kier alpha value is -5.05. The molecular formula is C45H51ClN6O7. The van der Waals surface area contributed by atoms with E-state index in [-0.39, 0.29) is 18.4 Å². The van der Waals surface area contributed by atoms with Gasteiger partial charge in [0, 0.05) is 55.2 Å². The predicted molar refractivity (Wildman–Crippen MR) is 226 cm³/mol. The van der Waals surface area contributed by atoms with Crippen LogP contribution in [0.1, 0.15) is 55.2 Å². The number of pyridine rings is 1. The van der Waals surface area contributed by atoms with E-state index >= 15 is 0 Å². The van der Waals surface area contributed by atoms with E-state index in [1.807, 2.05) is 49.6 Å². The minimum absolute atomic E-state index is 0.0603. The molecule has 2 fully saturated rings. The average molecular weight is 823 g/mol. The van der Waals surface area contributed by atoms with Crippen LogP contribution < -0.4 is 9.47 Å². The molecule has 4 heterocycles. The number of carboxylic acids is 1. The Morgan fingerprint density at radius 1 is 0.949 bits per heavy atom. The van der Waals surface area contributed by atoms with Gasteiger partial charge in [-0.1, -0.05) is 35.9 Å². The lowest BCUT2D eigenvalue weighted by molar-refractivity contribution is -0.138. The van der Waals surface area contributed by atoms with Crippen LogP contribution in [0.2, 0.25) is 5.02 Å². The maximum atomic E-state index is 11.2. The second-order valence-electron chi connectivity index (χ2n) is 16.0. The summed E-state index contributed by atoms with van der Waals surface area (Å²) >= 11 is 6.84. The molecule has 1 saturated heterocycles. The number of oxazole rings is 1. The molecule has 6 aromatic rings. The van der Waals surface area contributed by atoms with Gasteiger partial charge in [0.25, 0.3) is 0 Å². The van der Waals surface area contributed by atoms with Crippen molar-refractivity contribution in [3.8, 4) is 40.0 Å². The summed E-state index contributed by atoms with van der Waals surface area (Å²) in [7, 11) is 7.32. The molecule has 14 heteroatoms. The maximum Gasteiger partial charge on any atom is 0.303 e. The third-order valence-electron chi connectivity index (χ3n) is 12.2. The molecule has 13 nitrogen and oxygen atoms in total. The molecule has 2 N–H and O–H groups in total. The summed E-state index contributed by atoms with van der Waals surface area (Å²) in [5.41, 5.74) is 7.81. The van der Waals surface area contributed by atoms with Crippen LogP contribution in [0.3, 0.4) is 0 Å². The molecule has 1 aliphatic carbocycles. The number of carbonyl (C=O) groups is 1. The average Bonchev–Trinajstić information content (AvgIpc) is 3.87. The van der Waals surface area contributed by atoms with Crippen LogP contribution in [0.4, 0.5) is 0 Å². The number of fused-ring (bicyclic) bond motifs is 2. The summed E-state index contributed by atoms with van der Waals surface area (Å²) in [6.07, 6.45) is 6.08. The van der Waals surface area contributed by atoms with Gasteiger partial charge in [-0.05, 0) is 106 Å². The highest BCUT2D eigenvalue weighted by molar-refractivity contribution is 6.34. The monoisotopic (exact) mass is 822 g/mol. The highest BCUT2D eigenvalue weighted by Gasteiger charge is 2.30. The second-order valence-corrected chi connectivity index (χ2v) is 16.4. The number of hydrogen-bond acceptors (Lipinski definition) is 11. The first-order valence-electron chi connectivity index (χ1n) is 20.2. The third kappa shape index (κ3) is 8.27. The smallest absolute Gasteiger partial charge is 0.303 e. The van der Waals surface area contributed by atoms with Crippen LogP contribution in [0.5, 0.6) is 11.6 Å². The molecule has 8 rings (SSSR count). The standard InChI is InChI=1S/C45H51ClN6O7/c1-26-30(8-6-9-31(26)45-48-36-19-28(18-35(46)43(36)59-45)23-50(2)29-14-12-27(13-15-29)20-42(54)55)32-10-7-11-37-33(32)22-47-52(37)41-21-40(56-4)34(44(49-41)57-5)24-51(3)38-16-17-58-25-39(38)53/h6-11,18-19,21-22,27,29,38-39,53H,12-17,20,23-25H2,1-5H3,(H,54,55)/t27?,29?,38-,39+/m1/s1. The van der Waals surface area contributed by atoms with Crippen molar-refractivity contribution in [3.05, 3.63) is 82.5 Å². The van der Waals surface area contributed by atoms with Crippen molar-refractivity contribution in [1.29, 1.82) is 0 Å². The van der Waals surface area contributed by atoms with Crippen molar-refractivity contribution in [1.82, 2.24) is 29.5 Å². The van der Waals surface area contributed by atoms with Crippen LogP contribution in [0.25, 0.3) is 50.4 Å². The van der Waals surface area contributed by atoms with Crippen molar-refractivity contribution < 1.29 is 33.6 Å². The van der Waals surface area contributed by atoms with Gasteiger partial charge in [-0.25, -0.2) is 9.67 Å². The molecule has 0 spiro atoms. The highest BCUT2D eigenvalue weighted by atomic mass is 35.5. The van der Waals surface area contributed by atoms with Gasteiger partial charge in [-0.15, -0.1) is 0 Å². The van der Waals surface area contributed by atoms with Crippen molar-refractivity contribution in [2.45, 2.75) is 76.7 Å². The molecule has 0 radical (unpaired) electrons. The lowest BCUT2D eigenvalue weighted by Gasteiger charge is -2.35. The highest BCUT2D eigenvalue weighted by Crippen LogP contribution is 2.39. The van der Waals surface area contributed by atoms with Gasteiger partial charge >= 0.3 is 5.97 Å². The number of benzene rings is 3. The first-order valence-corrected chi connectivity index (χ1v) is 20.6. The Bertz CT molecular complexity index is 2450. The molecule has 1 saturated carbocycles. The summed E-state index contributed by atoms with van der Waals surface area (Å²) in [6, 6.07) is 18.4. The quantitative estimate of drug-likeness (QED) is 0.117. The number of methoxy groups -OCH3 is 2. The Balaban J connectivity index is 1.06. The van der Waals surface area contributed by atoms with Crippen LogP contribution in [0, 0.1) is 12.8 Å². The fourth-order valence-corrected chi connectivity index (χ4v) is 9.32. The minimum Gasteiger partial charge on any atom is -0.496 e. The minimum atomic E-state index is -0.711. The summed E-state index contributed by atoms with van der Waals surface area (Å²) < 4.78 is 25.3. The fraction of sp³-hybridized carbons (Fsp3) is 0.422. The zero-order chi connectivity index (χ0) is 41.4. The number of carboxylic acid groups (broad SMARTS) is 1. The van der Waals surface area contributed by atoms with E-state index in [4.69, 9.17) is 45.3 Å². The van der Waals surface area contributed by atoms with Crippen molar-refractivity contribution in [2.24, 2.45) is 5.92 Å². The maximum absolute atomic E-state index is 11.2. The van der Waals surface area contributed by atoms with Gasteiger partial charge in [0.05, 0.1) is 49.2 Å². The van der Waals surface area contributed by atoms with E-state index in [1.54, 1.807) is 18.9 Å². The first kappa shape index (κ1) is 40.7. The molecule has 3 aromatic heterocycles. The number of hydrogen-bond donors (Lipinski definition) is 2.